The first kappa shape index (κ1) is 11.9. The molecule has 90 valence electrons. The van der Waals surface area contributed by atoms with Crippen molar-refractivity contribution in [2.45, 2.75) is 17.0 Å². The molecule has 0 bridgehead atoms. The summed E-state index contributed by atoms with van der Waals surface area (Å²) in [5.74, 6) is 0. The minimum Gasteiger partial charge on any atom is -0.386 e. The normalized spacial score (nSPS) is 23.2. The van der Waals surface area contributed by atoms with Gasteiger partial charge < -0.3 is 5.11 Å². The number of fused-ring (bicyclic) bond motifs is 1. The lowest BCUT2D eigenvalue weighted by Crippen LogP contribution is -2.19. The van der Waals surface area contributed by atoms with Crippen molar-refractivity contribution in [3.63, 3.8) is 0 Å². The lowest BCUT2D eigenvalue weighted by atomic mass is 9.92. The summed E-state index contributed by atoms with van der Waals surface area (Å²) in [7, 11) is -3.33. The SMILES string of the molecule is CS(=O)(=O)c1cccc2c1C=C[C@H](N=N)[C@@H]2O. The van der Waals surface area contributed by atoms with Gasteiger partial charge in [0.15, 0.2) is 9.84 Å². The second kappa shape index (κ2) is 4.05. The molecule has 0 unspecified atom stereocenters. The highest BCUT2D eigenvalue weighted by molar-refractivity contribution is 7.90. The van der Waals surface area contributed by atoms with Crippen LogP contribution in [0.5, 0.6) is 0 Å². The molecular formula is C11H12N2O3S. The molecule has 0 saturated carbocycles. The Balaban J connectivity index is 2.67. The summed E-state index contributed by atoms with van der Waals surface area (Å²) in [5.41, 5.74) is 7.93. The number of hydrogen-bond acceptors (Lipinski definition) is 5. The largest absolute Gasteiger partial charge is 0.386 e. The molecule has 0 amide bonds. The Kier molecular flexibility index (Phi) is 2.84. The number of aliphatic hydroxyl groups is 1. The molecule has 0 aromatic heterocycles. The molecule has 1 aromatic carbocycles. The number of sulfone groups is 1. The quantitative estimate of drug-likeness (QED) is 0.782. The van der Waals surface area contributed by atoms with E-state index in [1.807, 2.05) is 0 Å². The highest BCUT2D eigenvalue weighted by Crippen LogP contribution is 2.33. The Morgan fingerprint density at radius 3 is 2.71 bits per heavy atom. The van der Waals surface area contributed by atoms with Gasteiger partial charge in [0, 0.05) is 6.26 Å². The third-order valence-corrected chi connectivity index (χ3v) is 3.91. The smallest absolute Gasteiger partial charge is 0.176 e. The van der Waals surface area contributed by atoms with Crippen LogP contribution in [-0.4, -0.2) is 25.8 Å². The maximum atomic E-state index is 11.6. The van der Waals surface area contributed by atoms with Gasteiger partial charge >= 0.3 is 0 Å². The zero-order valence-electron chi connectivity index (χ0n) is 9.16. The molecule has 1 aliphatic carbocycles. The van der Waals surface area contributed by atoms with E-state index >= 15 is 0 Å². The van der Waals surface area contributed by atoms with Gasteiger partial charge in [-0.3, -0.25) is 0 Å². The van der Waals surface area contributed by atoms with Crippen LogP contribution in [0.3, 0.4) is 0 Å². The molecule has 17 heavy (non-hydrogen) atoms. The second-order valence-corrected chi connectivity index (χ2v) is 5.94. The van der Waals surface area contributed by atoms with Gasteiger partial charge in [0.05, 0.1) is 4.90 Å². The molecule has 0 fully saturated rings. The number of hydrogen-bond donors (Lipinski definition) is 2. The average molecular weight is 252 g/mol. The third kappa shape index (κ3) is 2.01. The van der Waals surface area contributed by atoms with Crippen LogP contribution >= 0.6 is 0 Å². The van der Waals surface area contributed by atoms with Crippen LogP contribution in [0.15, 0.2) is 34.3 Å². The summed E-state index contributed by atoms with van der Waals surface area (Å²) < 4.78 is 23.2. The lowest BCUT2D eigenvalue weighted by molar-refractivity contribution is 0.158. The number of rotatable bonds is 2. The van der Waals surface area contributed by atoms with Gasteiger partial charge in [-0.15, -0.1) is 0 Å². The minimum atomic E-state index is -3.33. The molecular weight excluding hydrogens is 240 g/mol. The van der Waals surface area contributed by atoms with E-state index in [0.717, 1.165) is 6.26 Å². The van der Waals surface area contributed by atoms with Crippen molar-refractivity contribution in [3.05, 3.63) is 35.4 Å². The van der Waals surface area contributed by atoms with Crippen LogP contribution in [0.25, 0.3) is 6.08 Å². The standard InChI is InChI=1S/C11H12N2O3S/c1-17(15,16)10-4-2-3-8-7(10)5-6-9(13-12)11(8)14/h2-6,9,11-12,14H,1H3/t9-,11+/m0/s1. The van der Waals surface area contributed by atoms with Crippen molar-refractivity contribution < 1.29 is 13.5 Å². The van der Waals surface area contributed by atoms with Crippen LogP contribution in [0.4, 0.5) is 0 Å². The molecule has 0 saturated heterocycles. The number of nitrogens with zero attached hydrogens (tertiary/aromatic N) is 1. The molecule has 0 radical (unpaired) electrons. The van der Waals surface area contributed by atoms with Gasteiger partial charge in [-0.05, 0) is 17.2 Å². The predicted molar refractivity (Wildman–Crippen MR) is 62.5 cm³/mol. The molecule has 2 N–H and O–H groups in total. The number of nitrogens with one attached hydrogen (secondary N) is 1. The second-order valence-electron chi connectivity index (χ2n) is 3.95. The summed E-state index contributed by atoms with van der Waals surface area (Å²) in [6.45, 7) is 0. The monoisotopic (exact) mass is 252 g/mol. The van der Waals surface area contributed by atoms with E-state index in [4.69, 9.17) is 5.53 Å². The maximum absolute atomic E-state index is 11.6. The highest BCUT2D eigenvalue weighted by Gasteiger charge is 2.27. The van der Waals surface area contributed by atoms with Crippen molar-refractivity contribution in [1.29, 1.82) is 5.53 Å². The van der Waals surface area contributed by atoms with Crippen molar-refractivity contribution >= 4 is 15.9 Å². The van der Waals surface area contributed by atoms with Crippen LogP contribution in [0.1, 0.15) is 17.2 Å². The molecule has 2 atom stereocenters. The fraction of sp³-hybridized carbons (Fsp3) is 0.273. The first-order valence-corrected chi connectivity index (χ1v) is 6.90. The molecule has 6 heteroatoms. The molecule has 0 heterocycles. The van der Waals surface area contributed by atoms with Gasteiger partial charge in [0.1, 0.15) is 12.1 Å². The summed E-state index contributed by atoms with van der Waals surface area (Å²) in [4.78, 5) is 0.189. The van der Waals surface area contributed by atoms with Crippen LogP contribution < -0.4 is 0 Å². The highest BCUT2D eigenvalue weighted by atomic mass is 32.2. The number of aliphatic hydroxyl groups excluding tert-OH is 1. The zero-order valence-corrected chi connectivity index (χ0v) is 9.98. The van der Waals surface area contributed by atoms with Crippen LogP contribution in [-0.2, 0) is 9.84 Å². The molecule has 2 rings (SSSR count). The Labute approximate surface area is 99.2 Å². The Morgan fingerprint density at radius 2 is 2.12 bits per heavy atom. The van der Waals surface area contributed by atoms with Crippen molar-refractivity contribution in [1.82, 2.24) is 0 Å². The van der Waals surface area contributed by atoms with Crippen LogP contribution in [0.2, 0.25) is 0 Å². The lowest BCUT2D eigenvalue weighted by Gasteiger charge is -2.23. The average Bonchev–Trinajstić information content (AvgIpc) is 2.28. The first-order chi connectivity index (χ1) is 7.95. The van der Waals surface area contributed by atoms with Gasteiger partial charge in [-0.25, -0.2) is 13.9 Å². The molecule has 1 aromatic rings. The summed E-state index contributed by atoms with van der Waals surface area (Å²) in [6, 6.07) is 4.09. The van der Waals surface area contributed by atoms with Gasteiger partial charge in [-0.1, -0.05) is 24.3 Å². The van der Waals surface area contributed by atoms with Crippen molar-refractivity contribution in [2.24, 2.45) is 5.11 Å². The summed E-state index contributed by atoms with van der Waals surface area (Å²) in [6.07, 6.45) is 3.30. The Bertz CT molecular complexity index is 593. The fourth-order valence-corrected chi connectivity index (χ4v) is 2.83. The van der Waals surface area contributed by atoms with E-state index < -0.39 is 22.0 Å². The van der Waals surface area contributed by atoms with E-state index in [2.05, 4.69) is 5.11 Å². The van der Waals surface area contributed by atoms with E-state index in [9.17, 15) is 13.5 Å². The van der Waals surface area contributed by atoms with Gasteiger partial charge in [0.2, 0.25) is 0 Å². The molecule has 5 nitrogen and oxygen atoms in total. The Morgan fingerprint density at radius 1 is 1.41 bits per heavy atom. The predicted octanol–water partition coefficient (Wildman–Crippen LogP) is 1.55. The third-order valence-electron chi connectivity index (χ3n) is 2.75. The summed E-state index contributed by atoms with van der Waals surface area (Å²) >= 11 is 0. The van der Waals surface area contributed by atoms with Gasteiger partial charge in [0.25, 0.3) is 0 Å². The molecule has 1 aliphatic rings. The van der Waals surface area contributed by atoms with E-state index in [1.54, 1.807) is 18.2 Å². The first-order valence-electron chi connectivity index (χ1n) is 5.01. The summed E-state index contributed by atoms with van der Waals surface area (Å²) in [5, 5.41) is 13.2. The van der Waals surface area contributed by atoms with Gasteiger partial charge in [-0.2, -0.15) is 5.11 Å². The van der Waals surface area contributed by atoms with Crippen molar-refractivity contribution in [3.8, 4) is 0 Å². The Hall–Kier alpha value is -1.53. The van der Waals surface area contributed by atoms with Crippen LogP contribution in [0, 0.1) is 5.53 Å². The van der Waals surface area contributed by atoms with E-state index in [1.165, 1.54) is 12.1 Å². The van der Waals surface area contributed by atoms with E-state index in [0.29, 0.717) is 11.1 Å². The molecule has 0 aliphatic heterocycles. The maximum Gasteiger partial charge on any atom is 0.176 e. The zero-order chi connectivity index (χ0) is 12.6. The molecule has 0 spiro atoms. The van der Waals surface area contributed by atoms with Crippen molar-refractivity contribution in [2.75, 3.05) is 6.26 Å². The topological polar surface area (TPSA) is 90.6 Å². The van der Waals surface area contributed by atoms with E-state index in [-0.39, 0.29) is 4.90 Å². The minimum absolute atomic E-state index is 0.189. The number of benzene rings is 1. The fourth-order valence-electron chi connectivity index (χ4n) is 1.92.